The zero-order valence-electron chi connectivity index (χ0n) is 18.2. The number of benzene rings is 2. The lowest BCUT2D eigenvalue weighted by Gasteiger charge is -2.33. The Bertz CT molecular complexity index is 1430. The molecule has 0 radical (unpaired) electrons. The number of aryl methyl sites for hydroxylation is 1. The largest absolute Gasteiger partial charge is 0.465 e. The number of aromatic nitrogens is 3. The van der Waals surface area contributed by atoms with Crippen molar-refractivity contribution >= 4 is 45.6 Å². The number of carboxylic acid groups (broad SMARTS) is 1. The number of piperidine rings is 1. The predicted molar refractivity (Wildman–Crippen MR) is 129 cm³/mol. The Kier molecular flexibility index (Phi) is 5.46. The molecule has 0 spiro atoms. The summed E-state index contributed by atoms with van der Waals surface area (Å²) < 4.78 is 3.58. The van der Waals surface area contributed by atoms with Gasteiger partial charge in [-0.3, -0.25) is 4.79 Å². The van der Waals surface area contributed by atoms with E-state index in [9.17, 15) is 14.7 Å². The van der Waals surface area contributed by atoms with Crippen molar-refractivity contribution in [2.45, 2.75) is 25.4 Å². The van der Waals surface area contributed by atoms with Gasteiger partial charge in [0.25, 0.3) is 5.56 Å². The van der Waals surface area contributed by atoms with Crippen molar-refractivity contribution in [3.05, 3.63) is 69.5 Å². The van der Waals surface area contributed by atoms with Crippen molar-refractivity contribution in [3.8, 4) is 0 Å². The number of amides is 1. The fraction of sp³-hybridized carbons (Fsp3) is 0.292. The quantitative estimate of drug-likeness (QED) is 0.478. The Morgan fingerprint density at radius 3 is 2.76 bits per heavy atom. The van der Waals surface area contributed by atoms with Crippen molar-refractivity contribution < 1.29 is 9.90 Å². The number of imidazole rings is 1. The van der Waals surface area contributed by atoms with Gasteiger partial charge in [0.1, 0.15) is 11.0 Å². The topological polar surface area (TPSA) is 92.4 Å². The van der Waals surface area contributed by atoms with E-state index in [1.807, 2.05) is 53.1 Å². The number of nitrogens with one attached hydrogen (secondary N) is 1. The molecule has 0 aliphatic carbocycles. The van der Waals surface area contributed by atoms with E-state index in [-0.39, 0.29) is 11.6 Å². The first-order valence-corrected chi connectivity index (χ1v) is 11.3. The lowest BCUT2D eigenvalue weighted by molar-refractivity contribution is 0.188. The minimum Gasteiger partial charge on any atom is -0.465 e. The zero-order valence-corrected chi connectivity index (χ0v) is 18.9. The first-order valence-electron chi connectivity index (χ1n) is 10.9. The molecule has 2 aromatic carbocycles. The molecular formula is C24H24ClN5O3. The number of anilines is 1. The molecule has 5 rings (SSSR count). The van der Waals surface area contributed by atoms with Crippen LogP contribution < -0.4 is 15.8 Å². The van der Waals surface area contributed by atoms with E-state index in [2.05, 4.69) is 10.2 Å². The number of nitrogens with zero attached hydrogens (tertiary/aromatic N) is 4. The standard InChI is InChI=1S/C24H24ClN5O3/c1-28-19-11-5-3-9-17(19)20-21(22(28)31)30(13-15-7-2-4-10-18(15)25)23(27-20)29-12-6-8-16(14-29)26-24(32)33/h2-5,7,9-11,16,26H,6,8,12-14H2,1H3,(H,32,33)/t16-/m1/s1. The maximum absolute atomic E-state index is 13.5. The van der Waals surface area contributed by atoms with E-state index in [1.54, 1.807) is 11.6 Å². The molecular weight excluding hydrogens is 442 g/mol. The fourth-order valence-electron chi connectivity index (χ4n) is 4.72. The molecule has 1 fully saturated rings. The summed E-state index contributed by atoms with van der Waals surface area (Å²) in [5, 5.41) is 13.3. The van der Waals surface area contributed by atoms with Crippen molar-refractivity contribution in [2.24, 2.45) is 7.05 Å². The summed E-state index contributed by atoms with van der Waals surface area (Å²) in [4.78, 5) is 31.7. The second-order valence-corrected chi connectivity index (χ2v) is 8.81. The highest BCUT2D eigenvalue weighted by Crippen LogP contribution is 2.30. The molecule has 1 aliphatic heterocycles. The Labute approximate surface area is 195 Å². The second-order valence-electron chi connectivity index (χ2n) is 8.40. The summed E-state index contributed by atoms with van der Waals surface area (Å²) in [6, 6.07) is 15.1. The van der Waals surface area contributed by atoms with Crippen LogP contribution in [0.4, 0.5) is 10.7 Å². The van der Waals surface area contributed by atoms with Crippen LogP contribution >= 0.6 is 11.6 Å². The highest BCUT2D eigenvalue weighted by molar-refractivity contribution is 6.31. The number of pyridine rings is 1. The number of rotatable bonds is 4. The van der Waals surface area contributed by atoms with Gasteiger partial charge in [-0.2, -0.15) is 0 Å². The number of para-hydroxylation sites is 1. The first kappa shape index (κ1) is 21.3. The smallest absolute Gasteiger partial charge is 0.404 e. The first-order chi connectivity index (χ1) is 15.9. The molecule has 33 heavy (non-hydrogen) atoms. The molecule has 170 valence electrons. The molecule has 2 aromatic heterocycles. The van der Waals surface area contributed by atoms with Gasteiger partial charge in [-0.25, -0.2) is 9.78 Å². The number of fused-ring (bicyclic) bond motifs is 3. The third-order valence-corrected chi connectivity index (χ3v) is 6.66. The van der Waals surface area contributed by atoms with Crippen LogP contribution in [-0.4, -0.2) is 44.4 Å². The van der Waals surface area contributed by atoms with Crippen molar-refractivity contribution in [1.29, 1.82) is 0 Å². The van der Waals surface area contributed by atoms with Gasteiger partial charge in [0.15, 0.2) is 0 Å². The monoisotopic (exact) mass is 465 g/mol. The predicted octanol–water partition coefficient (Wildman–Crippen LogP) is 3.83. The highest BCUT2D eigenvalue weighted by atomic mass is 35.5. The molecule has 1 saturated heterocycles. The summed E-state index contributed by atoms with van der Waals surface area (Å²) in [5.74, 6) is 0.648. The lowest BCUT2D eigenvalue weighted by Crippen LogP contribution is -2.48. The van der Waals surface area contributed by atoms with E-state index in [1.165, 1.54) is 0 Å². The number of hydrogen-bond donors (Lipinski definition) is 2. The SMILES string of the molecule is Cn1c(=O)c2c(nc(N3CCC[C@@H](NC(=O)O)C3)n2Cc2ccccc2Cl)c2ccccc21. The molecule has 0 saturated carbocycles. The average molecular weight is 466 g/mol. The molecule has 0 unspecified atom stereocenters. The summed E-state index contributed by atoms with van der Waals surface area (Å²) >= 11 is 6.47. The maximum Gasteiger partial charge on any atom is 0.404 e. The van der Waals surface area contributed by atoms with Gasteiger partial charge in [0, 0.05) is 36.6 Å². The Morgan fingerprint density at radius 2 is 1.97 bits per heavy atom. The van der Waals surface area contributed by atoms with Crippen LogP contribution in [0.1, 0.15) is 18.4 Å². The number of carbonyl (C=O) groups is 1. The molecule has 2 N–H and O–H groups in total. The van der Waals surface area contributed by atoms with Gasteiger partial charge in [0.2, 0.25) is 5.95 Å². The van der Waals surface area contributed by atoms with Crippen LogP contribution in [-0.2, 0) is 13.6 Å². The van der Waals surface area contributed by atoms with Crippen molar-refractivity contribution in [2.75, 3.05) is 18.0 Å². The molecule has 3 heterocycles. The Morgan fingerprint density at radius 1 is 1.21 bits per heavy atom. The molecule has 1 atom stereocenters. The van der Waals surface area contributed by atoms with Crippen LogP contribution in [0.15, 0.2) is 53.3 Å². The molecule has 9 heteroatoms. The summed E-state index contributed by atoms with van der Waals surface area (Å²) in [7, 11) is 1.77. The highest BCUT2D eigenvalue weighted by Gasteiger charge is 2.27. The van der Waals surface area contributed by atoms with E-state index < -0.39 is 6.09 Å². The van der Waals surface area contributed by atoms with E-state index in [0.717, 1.165) is 35.9 Å². The minimum absolute atomic E-state index is 0.133. The van der Waals surface area contributed by atoms with Crippen molar-refractivity contribution in [1.82, 2.24) is 19.4 Å². The molecule has 1 amide bonds. The summed E-state index contributed by atoms with van der Waals surface area (Å²) in [6.45, 7) is 1.59. The maximum atomic E-state index is 13.5. The van der Waals surface area contributed by atoms with Gasteiger partial charge in [-0.15, -0.1) is 0 Å². The van der Waals surface area contributed by atoms with Crippen LogP contribution in [0.2, 0.25) is 5.02 Å². The molecule has 4 aromatic rings. The normalized spacial score (nSPS) is 16.4. The van der Waals surface area contributed by atoms with Gasteiger partial charge in [0.05, 0.1) is 12.1 Å². The Hall–Kier alpha value is -3.52. The Balaban J connectivity index is 1.73. The van der Waals surface area contributed by atoms with Crippen LogP contribution in [0.5, 0.6) is 0 Å². The molecule has 0 bridgehead atoms. The molecule has 8 nitrogen and oxygen atoms in total. The van der Waals surface area contributed by atoms with Crippen LogP contribution in [0, 0.1) is 0 Å². The van der Waals surface area contributed by atoms with E-state index in [0.29, 0.717) is 35.1 Å². The van der Waals surface area contributed by atoms with E-state index in [4.69, 9.17) is 16.6 Å². The lowest BCUT2D eigenvalue weighted by atomic mass is 10.1. The van der Waals surface area contributed by atoms with Gasteiger partial charge in [-0.1, -0.05) is 48.0 Å². The summed E-state index contributed by atoms with van der Waals surface area (Å²) in [6.07, 6.45) is 0.545. The average Bonchev–Trinajstić information content (AvgIpc) is 3.18. The summed E-state index contributed by atoms with van der Waals surface area (Å²) in [5.41, 5.74) is 2.72. The van der Waals surface area contributed by atoms with Gasteiger partial charge in [-0.05, 0) is 30.5 Å². The third-order valence-electron chi connectivity index (χ3n) is 6.29. The van der Waals surface area contributed by atoms with E-state index >= 15 is 0 Å². The third kappa shape index (κ3) is 3.80. The number of hydrogen-bond acceptors (Lipinski definition) is 4. The zero-order chi connectivity index (χ0) is 23.1. The molecule has 1 aliphatic rings. The fourth-order valence-corrected chi connectivity index (χ4v) is 4.92. The van der Waals surface area contributed by atoms with Gasteiger partial charge >= 0.3 is 6.09 Å². The van der Waals surface area contributed by atoms with Gasteiger partial charge < -0.3 is 24.5 Å². The second kappa shape index (κ2) is 8.44. The number of halogens is 1. The van der Waals surface area contributed by atoms with Crippen LogP contribution in [0.3, 0.4) is 0 Å². The minimum atomic E-state index is -1.04. The van der Waals surface area contributed by atoms with Crippen molar-refractivity contribution in [3.63, 3.8) is 0 Å². The van der Waals surface area contributed by atoms with Crippen LogP contribution in [0.25, 0.3) is 21.9 Å².